The number of aliphatic hydroxyl groups is 1. The number of nitrogens with one attached hydrogen (secondary N) is 1. The van der Waals surface area contributed by atoms with Gasteiger partial charge in [-0.1, -0.05) is 11.6 Å². The van der Waals surface area contributed by atoms with Crippen LogP contribution in [0.25, 0.3) is 22.2 Å². The highest BCUT2D eigenvalue weighted by molar-refractivity contribution is 6.31. The molecular weight excluding hydrogens is 642 g/mol. The van der Waals surface area contributed by atoms with Gasteiger partial charge in [0.25, 0.3) is 12.3 Å². The molecule has 0 fully saturated rings. The molecule has 0 aliphatic rings. The number of alkyl halides is 5. The van der Waals surface area contributed by atoms with Gasteiger partial charge in [0.05, 0.1) is 30.1 Å². The number of aromatic nitrogens is 2. The zero-order valence-corrected chi connectivity index (χ0v) is 24.2. The fourth-order valence-corrected chi connectivity index (χ4v) is 4.51. The van der Waals surface area contributed by atoms with Crippen molar-refractivity contribution in [3.63, 3.8) is 0 Å². The monoisotopic (exact) mass is 663 g/mol. The normalized spacial score (nSPS) is 13.2. The summed E-state index contributed by atoms with van der Waals surface area (Å²) < 4.78 is 122. The van der Waals surface area contributed by atoms with E-state index in [0.29, 0.717) is 34.8 Å². The summed E-state index contributed by atoms with van der Waals surface area (Å²) >= 11 is 6.12. The number of benzene rings is 2. The number of ether oxygens (including phenoxy) is 2. The molecule has 0 aliphatic carbocycles. The number of halogens is 9. The maximum Gasteiger partial charge on any atom is 0.424 e. The number of hydrogen-bond donors (Lipinski definition) is 2. The maximum absolute atomic E-state index is 14.8. The molecule has 1 amide bonds. The summed E-state index contributed by atoms with van der Waals surface area (Å²) in [6, 6.07) is 5.61. The third-order valence-corrected chi connectivity index (χ3v) is 7.08. The van der Waals surface area contributed by atoms with Crippen LogP contribution >= 0.6 is 11.6 Å². The first-order valence-electron chi connectivity index (χ1n) is 12.8. The molecule has 240 valence electrons. The molecule has 0 spiro atoms. The number of pyridine rings is 2. The standard InChI is InChI=1S/C29H22ClF8N3O4/c1-12-6-20(41-25(26(12)45-10-21(32)33)16-4-5-18(31)23(35)22(16)34)28(43,29(36,37)38)11-39-27(42)15-7-14-8-17(30)13(2)40-24(14)19(9-15)44-3/h4-9,21,43H,10-11H2,1-3H3,(H,39,42)/t28-/m0/s1. The van der Waals surface area contributed by atoms with E-state index in [1.165, 1.54) is 25.3 Å². The van der Waals surface area contributed by atoms with Gasteiger partial charge in [0, 0.05) is 16.5 Å². The molecule has 4 aromatic rings. The van der Waals surface area contributed by atoms with Crippen LogP contribution in [0.5, 0.6) is 11.5 Å². The average molecular weight is 664 g/mol. The van der Waals surface area contributed by atoms with Gasteiger partial charge in [-0.25, -0.2) is 31.9 Å². The minimum absolute atomic E-state index is 0.0957. The molecule has 2 heterocycles. The highest BCUT2D eigenvalue weighted by Gasteiger charge is 2.56. The number of carbonyl (C=O) groups excluding carboxylic acids is 1. The molecular formula is C29H22ClF8N3O4. The predicted octanol–water partition coefficient (Wildman–Crippen LogP) is 6.82. The first kappa shape index (κ1) is 33.6. The molecule has 2 aromatic carbocycles. The van der Waals surface area contributed by atoms with E-state index in [-0.39, 0.29) is 21.9 Å². The van der Waals surface area contributed by atoms with Crippen molar-refractivity contribution in [2.45, 2.75) is 32.1 Å². The lowest BCUT2D eigenvalue weighted by Crippen LogP contribution is -2.51. The summed E-state index contributed by atoms with van der Waals surface area (Å²) in [6.45, 7) is -0.161. The molecule has 16 heteroatoms. The first-order valence-corrected chi connectivity index (χ1v) is 13.2. The minimum Gasteiger partial charge on any atom is -0.494 e. The molecule has 45 heavy (non-hydrogen) atoms. The summed E-state index contributed by atoms with van der Waals surface area (Å²) in [5.41, 5.74) is -6.87. The molecule has 0 unspecified atom stereocenters. The second-order valence-electron chi connectivity index (χ2n) is 9.77. The largest absolute Gasteiger partial charge is 0.494 e. The van der Waals surface area contributed by atoms with Gasteiger partial charge in [0.1, 0.15) is 29.3 Å². The number of methoxy groups -OCH3 is 1. The van der Waals surface area contributed by atoms with Crippen LogP contribution in [0.3, 0.4) is 0 Å². The number of fused-ring (bicyclic) bond motifs is 1. The SMILES string of the molecule is COc1cc(C(=O)NC[C@](O)(c2cc(C)c(OCC(F)F)c(-c3ccc(F)c(F)c3F)n2)C(F)(F)F)cc2cc(Cl)c(C)nc12. The van der Waals surface area contributed by atoms with Crippen molar-refractivity contribution in [2.75, 3.05) is 20.3 Å². The lowest BCUT2D eigenvalue weighted by atomic mass is 9.94. The molecule has 0 aliphatic heterocycles. The summed E-state index contributed by atoms with van der Waals surface area (Å²) in [5, 5.41) is 13.5. The number of rotatable bonds is 9. The van der Waals surface area contributed by atoms with Gasteiger partial charge < -0.3 is 19.9 Å². The lowest BCUT2D eigenvalue weighted by molar-refractivity contribution is -0.265. The second kappa shape index (κ2) is 12.6. The van der Waals surface area contributed by atoms with E-state index >= 15 is 0 Å². The third-order valence-electron chi connectivity index (χ3n) is 6.69. The van der Waals surface area contributed by atoms with Crippen molar-refractivity contribution in [2.24, 2.45) is 0 Å². The molecule has 1 atom stereocenters. The highest BCUT2D eigenvalue weighted by Crippen LogP contribution is 2.42. The van der Waals surface area contributed by atoms with Crippen molar-refractivity contribution in [1.29, 1.82) is 0 Å². The van der Waals surface area contributed by atoms with E-state index in [9.17, 15) is 45.0 Å². The Hall–Kier alpha value is -4.24. The van der Waals surface area contributed by atoms with Gasteiger partial charge in [0.2, 0.25) is 5.60 Å². The molecule has 4 rings (SSSR count). The second-order valence-corrected chi connectivity index (χ2v) is 10.2. The van der Waals surface area contributed by atoms with Gasteiger partial charge in [-0.2, -0.15) is 13.2 Å². The highest BCUT2D eigenvalue weighted by atomic mass is 35.5. The zero-order valence-electron chi connectivity index (χ0n) is 23.4. The number of amides is 1. The van der Waals surface area contributed by atoms with Crippen LogP contribution < -0.4 is 14.8 Å². The van der Waals surface area contributed by atoms with E-state index in [0.717, 1.165) is 6.92 Å². The van der Waals surface area contributed by atoms with Crippen molar-refractivity contribution < 1.29 is 54.5 Å². The van der Waals surface area contributed by atoms with Crippen LogP contribution in [0.15, 0.2) is 36.4 Å². The fourth-order valence-electron chi connectivity index (χ4n) is 4.35. The van der Waals surface area contributed by atoms with Crippen molar-refractivity contribution in [1.82, 2.24) is 15.3 Å². The Kier molecular flexibility index (Phi) is 9.45. The number of nitrogens with zero attached hydrogens (tertiary/aromatic N) is 2. The van der Waals surface area contributed by atoms with Crippen molar-refractivity contribution >= 4 is 28.4 Å². The van der Waals surface area contributed by atoms with Crippen molar-refractivity contribution in [3.8, 4) is 22.8 Å². The zero-order chi connectivity index (χ0) is 33.4. The molecule has 0 saturated carbocycles. The number of aryl methyl sites for hydroxylation is 2. The number of carbonyl (C=O) groups is 1. The van der Waals surface area contributed by atoms with E-state index in [2.05, 4.69) is 9.97 Å². The van der Waals surface area contributed by atoms with Crippen LogP contribution in [0.1, 0.15) is 27.3 Å². The molecule has 7 nitrogen and oxygen atoms in total. The van der Waals surface area contributed by atoms with Gasteiger partial charge in [-0.3, -0.25) is 4.79 Å². The van der Waals surface area contributed by atoms with Crippen LogP contribution in [0.2, 0.25) is 5.02 Å². The van der Waals surface area contributed by atoms with Crippen LogP contribution in [0.4, 0.5) is 35.1 Å². The van der Waals surface area contributed by atoms with E-state index in [1.54, 1.807) is 6.92 Å². The average Bonchev–Trinajstić information content (AvgIpc) is 2.97. The first-order chi connectivity index (χ1) is 21.0. The maximum atomic E-state index is 14.8. The Balaban J connectivity index is 1.79. The van der Waals surface area contributed by atoms with Crippen LogP contribution in [-0.4, -0.2) is 53.8 Å². The summed E-state index contributed by atoms with van der Waals surface area (Å²) in [4.78, 5) is 21.0. The van der Waals surface area contributed by atoms with Gasteiger partial charge in [-0.15, -0.1) is 0 Å². The summed E-state index contributed by atoms with van der Waals surface area (Å²) in [6.07, 6.45) is -8.64. The molecule has 0 radical (unpaired) electrons. The fraction of sp³-hybridized carbons (Fsp3) is 0.276. The predicted molar refractivity (Wildman–Crippen MR) is 146 cm³/mol. The van der Waals surface area contributed by atoms with E-state index < -0.39 is 77.4 Å². The summed E-state index contributed by atoms with van der Waals surface area (Å²) in [7, 11) is 1.28. The van der Waals surface area contributed by atoms with Gasteiger partial charge >= 0.3 is 6.18 Å². The molecule has 2 N–H and O–H groups in total. The number of hydrogen-bond acceptors (Lipinski definition) is 6. The van der Waals surface area contributed by atoms with Gasteiger partial charge in [0.15, 0.2) is 17.5 Å². The third kappa shape index (κ3) is 6.59. The Morgan fingerprint density at radius 3 is 2.36 bits per heavy atom. The van der Waals surface area contributed by atoms with Crippen LogP contribution in [0, 0.1) is 31.3 Å². The topological polar surface area (TPSA) is 93.6 Å². The summed E-state index contributed by atoms with van der Waals surface area (Å²) in [5.74, 6) is -7.25. The lowest BCUT2D eigenvalue weighted by Gasteiger charge is -2.31. The van der Waals surface area contributed by atoms with Crippen LogP contribution in [-0.2, 0) is 5.60 Å². The Morgan fingerprint density at radius 2 is 1.73 bits per heavy atom. The Labute approximate surface area is 254 Å². The molecule has 0 saturated heterocycles. The molecule has 0 bridgehead atoms. The minimum atomic E-state index is -5.55. The van der Waals surface area contributed by atoms with E-state index in [4.69, 9.17) is 21.1 Å². The van der Waals surface area contributed by atoms with Crippen molar-refractivity contribution in [3.05, 3.63) is 81.4 Å². The van der Waals surface area contributed by atoms with Gasteiger partial charge in [-0.05, 0) is 55.8 Å². The molecule has 2 aromatic heterocycles. The Morgan fingerprint density at radius 1 is 1.04 bits per heavy atom. The quantitative estimate of drug-likeness (QED) is 0.151. The van der Waals surface area contributed by atoms with E-state index in [1.807, 2.05) is 5.32 Å². The smallest absolute Gasteiger partial charge is 0.424 e. The Bertz CT molecular complexity index is 1790.